The summed E-state index contributed by atoms with van der Waals surface area (Å²) < 4.78 is 8.69. The number of carbonyl (C=O) groups is 1. The van der Waals surface area contributed by atoms with E-state index in [0.717, 1.165) is 31.2 Å². The van der Waals surface area contributed by atoms with Gasteiger partial charge in [0.15, 0.2) is 16.1 Å². The lowest BCUT2D eigenvalue weighted by Crippen LogP contribution is -2.14. The first-order chi connectivity index (χ1) is 17.4. The van der Waals surface area contributed by atoms with Crippen LogP contribution in [0.1, 0.15) is 21.8 Å². The Morgan fingerprint density at radius 1 is 1.28 bits per heavy atom. The lowest BCUT2D eigenvalue weighted by Gasteiger charge is -2.09. The summed E-state index contributed by atoms with van der Waals surface area (Å²) in [5.41, 5.74) is 2.15. The molecule has 0 saturated carbocycles. The number of nitrogens with one attached hydrogen (secondary N) is 1. The maximum atomic E-state index is 12.6. The predicted octanol–water partition coefficient (Wildman–Crippen LogP) is 6.55. The smallest absolute Gasteiger partial charge is 0.236 e. The maximum absolute atomic E-state index is 12.6. The van der Waals surface area contributed by atoms with Crippen molar-refractivity contribution in [3.63, 3.8) is 0 Å². The van der Waals surface area contributed by atoms with Crippen molar-refractivity contribution in [1.82, 2.24) is 19.7 Å². The second kappa shape index (κ2) is 12.5. The third-order valence-electron chi connectivity index (χ3n) is 5.03. The Balaban J connectivity index is 1.31. The Kier molecular flexibility index (Phi) is 9.19. The van der Waals surface area contributed by atoms with Gasteiger partial charge in [0.1, 0.15) is 12.4 Å². The fourth-order valence-electron chi connectivity index (χ4n) is 3.20. The quantitative estimate of drug-likeness (QED) is 0.155. The van der Waals surface area contributed by atoms with Crippen molar-refractivity contribution >= 4 is 61.7 Å². The number of nitrogens with zero attached hydrogens (tertiary/aromatic N) is 4. The summed E-state index contributed by atoms with van der Waals surface area (Å²) in [5.74, 6) is 1.39. The number of hydrogen-bond acceptors (Lipinski definition) is 7. The van der Waals surface area contributed by atoms with Crippen LogP contribution in [0, 0.1) is 6.92 Å². The van der Waals surface area contributed by atoms with Crippen LogP contribution < -0.4 is 10.1 Å². The van der Waals surface area contributed by atoms with Crippen molar-refractivity contribution in [2.75, 3.05) is 11.1 Å². The first-order valence-electron chi connectivity index (χ1n) is 10.9. The molecule has 0 aliphatic heterocycles. The summed E-state index contributed by atoms with van der Waals surface area (Å²) in [6, 6.07) is 13.6. The maximum Gasteiger partial charge on any atom is 0.236 e. The van der Waals surface area contributed by atoms with Gasteiger partial charge in [0, 0.05) is 33.5 Å². The molecule has 7 nitrogen and oxygen atoms in total. The number of thiazole rings is 1. The summed E-state index contributed by atoms with van der Waals surface area (Å²) >= 11 is 12.4. The number of thioether (sulfide) groups is 1. The third-order valence-corrected chi connectivity index (χ3v) is 7.85. The Bertz CT molecular complexity index is 1360. The van der Waals surface area contributed by atoms with Crippen LogP contribution in [0.25, 0.3) is 0 Å². The minimum atomic E-state index is -0.167. The van der Waals surface area contributed by atoms with E-state index in [4.69, 9.17) is 16.3 Å². The van der Waals surface area contributed by atoms with Crippen LogP contribution in [-0.2, 0) is 24.4 Å². The first-order valence-corrected chi connectivity index (χ1v) is 13.9. The van der Waals surface area contributed by atoms with E-state index < -0.39 is 0 Å². The number of rotatable bonds is 11. The van der Waals surface area contributed by atoms with Gasteiger partial charge in [-0.3, -0.25) is 9.36 Å². The summed E-state index contributed by atoms with van der Waals surface area (Å²) in [6.07, 6.45) is 4.24. The second-order valence-corrected chi connectivity index (χ2v) is 11.2. The van der Waals surface area contributed by atoms with Gasteiger partial charge < -0.3 is 10.1 Å². The van der Waals surface area contributed by atoms with Crippen molar-refractivity contribution in [2.24, 2.45) is 0 Å². The molecule has 0 bridgehead atoms. The van der Waals surface area contributed by atoms with Gasteiger partial charge in [-0.1, -0.05) is 57.5 Å². The zero-order chi connectivity index (χ0) is 25.5. The normalized spacial score (nSPS) is 10.9. The highest BCUT2D eigenvalue weighted by molar-refractivity contribution is 9.10. The van der Waals surface area contributed by atoms with E-state index in [1.807, 2.05) is 54.0 Å². The van der Waals surface area contributed by atoms with E-state index >= 15 is 0 Å². The van der Waals surface area contributed by atoms with Crippen molar-refractivity contribution in [3.8, 4) is 5.75 Å². The van der Waals surface area contributed by atoms with Gasteiger partial charge in [0.25, 0.3) is 0 Å². The highest BCUT2D eigenvalue weighted by Gasteiger charge is 2.15. The fourth-order valence-corrected chi connectivity index (χ4v) is 5.30. The minimum Gasteiger partial charge on any atom is -0.486 e. The monoisotopic (exact) mass is 603 g/mol. The molecule has 4 aromatic rings. The number of benzene rings is 2. The van der Waals surface area contributed by atoms with E-state index in [0.29, 0.717) is 29.1 Å². The molecular formula is C25H23BrClN5O2S2. The number of aromatic nitrogens is 4. The van der Waals surface area contributed by atoms with Crippen LogP contribution in [0.2, 0.25) is 5.02 Å². The number of carbonyl (C=O) groups excluding carboxylic acids is 1. The van der Waals surface area contributed by atoms with Crippen LogP contribution in [0.3, 0.4) is 0 Å². The number of aryl methyl sites for hydroxylation is 1. The molecule has 36 heavy (non-hydrogen) atoms. The van der Waals surface area contributed by atoms with Crippen LogP contribution >= 0.6 is 50.6 Å². The molecule has 1 amide bonds. The molecule has 1 N–H and O–H groups in total. The van der Waals surface area contributed by atoms with E-state index in [1.54, 1.807) is 12.3 Å². The molecule has 0 spiro atoms. The lowest BCUT2D eigenvalue weighted by molar-refractivity contribution is -0.113. The SMILES string of the molecule is C=CCn1c(COc2ccc(Br)cc2)nnc1SCC(=O)Nc1ncc(Cc2ccc(C)c(Cl)c2)s1. The van der Waals surface area contributed by atoms with Crippen molar-refractivity contribution in [3.05, 3.63) is 92.6 Å². The van der Waals surface area contributed by atoms with Gasteiger partial charge in [-0.15, -0.1) is 28.1 Å². The van der Waals surface area contributed by atoms with E-state index in [2.05, 4.69) is 43.0 Å². The molecule has 2 heterocycles. The molecule has 0 aliphatic carbocycles. The summed E-state index contributed by atoms with van der Waals surface area (Å²) in [5, 5.41) is 13.3. The summed E-state index contributed by atoms with van der Waals surface area (Å²) in [6.45, 7) is 6.55. The van der Waals surface area contributed by atoms with Gasteiger partial charge in [-0.05, 0) is 48.4 Å². The second-order valence-electron chi connectivity index (χ2n) is 7.77. The molecule has 0 radical (unpaired) electrons. The highest BCUT2D eigenvalue weighted by Crippen LogP contribution is 2.25. The number of anilines is 1. The van der Waals surface area contributed by atoms with Gasteiger partial charge in [0.2, 0.25) is 5.91 Å². The number of hydrogen-bond donors (Lipinski definition) is 1. The molecule has 0 atom stereocenters. The van der Waals surface area contributed by atoms with E-state index in [-0.39, 0.29) is 18.3 Å². The predicted molar refractivity (Wildman–Crippen MR) is 149 cm³/mol. The molecule has 2 aromatic carbocycles. The molecule has 186 valence electrons. The molecule has 4 rings (SSSR count). The summed E-state index contributed by atoms with van der Waals surface area (Å²) in [7, 11) is 0. The van der Waals surface area contributed by atoms with Gasteiger partial charge >= 0.3 is 0 Å². The Labute approximate surface area is 231 Å². The Hall–Kier alpha value is -2.66. The highest BCUT2D eigenvalue weighted by atomic mass is 79.9. The lowest BCUT2D eigenvalue weighted by atomic mass is 10.1. The topological polar surface area (TPSA) is 81.9 Å². The van der Waals surface area contributed by atoms with E-state index in [9.17, 15) is 4.79 Å². The standard InChI is InChI=1S/C25H23BrClN5O2S2/c1-3-10-32-22(14-34-19-8-6-18(26)7-9-19)30-31-25(32)35-15-23(33)29-24-28-13-20(36-24)11-17-5-4-16(2)21(27)12-17/h3-9,12-13H,1,10-11,14-15H2,2H3,(H,28,29,33). The van der Waals surface area contributed by atoms with Crippen LogP contribution in [-0.4, -0.2) is 31.4 Å². The number of ether oxygens (including phenoxy) is 1. The van der Waals surface area contributed by atoms with Crippen LogP contribution in [0.5, 0.6) is 5.75 Å². The van der Waals surface area contributed by atoms with Crippen molar-refractivity contribution in [2.45, 2.75) is 31.7 Å². The van der Waals surface area contributed by atoms with Crippen LogP contribution in [0.15, 0.2) is 70.9 Å². The Morgan fingerprint density at radius 3 is 2.83 bits per heavy atom. The Morgan fingerprint density at radius 2 is 2.08 bits per heavy atom. The zero-order valence-corrected chi connectivity index (χ0v) is 23.4. The zero-order valence-electron chi connectivity index (χ0n) is 19.4. The number of allylic oxidation sites excluding steroid dienone is 1. The molecule has 0 saturated heterocycles. The molecule has 0 fully saturated rings. The number of amides is 1. The van der Waals surface area contributed by atoms with Crippen LogP contribution in [0.4, 0.5) is 5.13 Å². The van der Waals surface area contributed by atoms with Gasteiger partial charge in [-0.2, -0.15) is 0 Å². The van der Waals surface area contributed by atoms with Gasteiger partial charge in [0.05, 0.1) is 5.75 Å². The van der Waals surface area contributed by atoms with Crippen molar-refractivity contribution in [1.29, 1.82) is 0 Å². The van der Waals surface area contributed by atoms with Gasteiger partial charge in [-0.25, -0.2) is 4.98 Å². The summed E-state index contributed by atoms with van der Waals surface area (Å²) in [4.78, 5) is 17.9. The third kappa shape index (κ3) is 7.19. The molecule has 11 heteroatoms. The fraction of sp³-hybridized carbons (Fsp3) is 0.200. The average molecular weight is 605 g/mol. The van der Waals surface area contributed by atoms with Crippen molar-refractivity contribution < 1.29 is 9.53 Å². The molecule has 0 aliphatic rings. The minimum absolute atomic E-state index is 0.167. The molecular weight excluding hydrogens is 582 g/mol. The van der Waals surface area contributed by atoms with E-state index in [1.165, 1.54) is 23.1 Å². The largest absolute Gasteiger partial charge is 0.486 e. The average Bonchev–Trinajstić information content (AvgIpc) is 3.46. The molecule has 2 aromatic heterocycles. The number of halogens is 2. The first kappa shape index (κ1) is 26.4. The molecule has 0 unspecified atom stereocenters.